The number of ether oxygens (including phenoxy) is 1. The summed E-state index contributed by atoms with van der Waals surface area (Å²) in [6.45, 7) is -0.323. The summed E-state index contributed by atoms with van der Waals surface area (Å²) in [5.74, 6) is -1.57. The fourth-order valence-electron chi connectivity index (χ4n) is 1.61. The van der Waals surface area contributed by atoms with E-state index in [1.165, 1.54) is 18.2 Å². The van der Waals surface area contributed by atoms with Crippen LogP contribution in [0.2, 0.25) is 5.02 Å². The Balaban J connectivity index is 2.33. The number of rotatable bonds is 4. The van der Waals surface area contributed by atoms with Crippen molar-refractivity contribution >= 4 is 31.3 Å². The standard InChI is InChI=1S/C13H8Cl2F2O3S/c14-10-2-1-3-11(17)9(10)7-20-12-5-4-8(16)6-13(12)21(15,18)19/h1-6H,7H2. The minimum absolute atomic E-state index is 0.0569. The van der Waals surface area contributed by atoms with Crippen LogP contribution in [-0.2, 0) is 15.7 Å². The van der Waals surface area contributed by atoms with Gasteiger partial charge in [0, 0.05) is 16.2 Å². The van der Waals surface area contributed by atoms with Crippen molar-refractivity contribution in [1.29, 1.82) is 0 Å². The largest absolute Gasteiger partial charge is 0.487 e. The van der Waals surface area contributed by atoms with E-state index in [1.807, 2.05) is 0 Å². The molecule has 0 saturated heterocycles. The molecular weight excluding hydrogens is 345 g/mol. The van der Waals surface area contributed by atoms with Gasteiger partial charge in [0.15, 0.2) is 0 Å². The first-order valence-corrected chi connectivity index (χ1v) is 8.27. The van der Waals surface area contributed by atoms with E-state index in [9.17, 15) is 17.2 Å². The van der Waals surface area contributed by atoms with E-state index < -0.39 is 25.6 Å². The summed E-state index contributed by atoms with van der Waals surface area (Å²) < 4.78 is 54.6. The van der Waals surface area contributed by atoms with Gasteiger partial charge in [-0.15, -0.1) is 0 Å². The molecule has 0 spiro atoms. The Morgan fingerprint density at radius 1 is 1.14 bits per heavy atom. The molecule has 0 aliphatic rings. The molecule has 2 rings (SSSR count). The van der Waals surface area contributed by atoms with Gasteiger partial charge in [-0.3, -0.25) is 0 Å². The first-order chi connectivity index (χ1) is 9.79. The molecule has 0 saturated carbocycles. The van der Waals surface area contributed by atoms with Gasteiger partial charge in [0.2, 0.25) is 0 Å². The Morgan fingerprint density at radius 2 is 1.86 bits per heavy atom. The van der Waals surface area contributed by atoms with Crippen LogP contribution in [0.1, 0.15) is 5.56 Å². The van der Waals surface area contributed by atoms with Crippen LogP contribution in [0, 0.1) is 11.6 Å². The molecule has 8 heteroatoms. The molecule has 3 nitrogen and oxygen atoms in total. The maximum Gasteiger partial charge on any atom is 0.265 e. The van der Waals surface area contributed by atoms with Gasteiger partial charge in [0.25, 0.3) is 9.05 Å². The van der Waals surface area contributed by atoms with Gasteiger partial charge in [-0.25, -0.2) is 17.2 Å². The number of hydrogen-bond acceptors (Lipinski definition) is 3. The Kier molecular flexibility index (Phi) is 4.70. The monoisotopic (exact) mass is 352 g/mol. The highest BCUT2D eigenvalue weighted by Crippen LogP contribution is 2.29. The van der Waals surface area contributed by atoms with Gasteiger partial charge in [-0.05, 0) is 30.3 Å². The van der Waals surface area contributed by atoms with Crippen molar-refractivity contribution in [2.45, 2.75) is 11.5 Å². The number of benzene rings is 2. The van der Waals surface area contributed by atoms with Crippen LogP contribution in [0.25, 0.3) is 0 Å². The van der Waals surface area contributed by atoms with Crippen molar-refractivity contribution in [3.63, 3.8) is 0 Å². The van der Waals surface area contributed by atoms with Crippen LogP contribution >= 0.6 is 22.3 Å². The average molecular weight is 353 g/mol. The third-order valence-electron chi connectivity index (χ3n) is 2.60. The molecule has 0 heterocycles. The fourth-order valence-corrected chi connectivity index (χ4v) is 2.81. The third-order valence-corrected chi connectivity index (χ3v) is 4.30. The lowest BCUT2D eigenvalue weighted by Gasteiger charge is -2.11. The Morgan fingerprint density at radius 3 is 2.48 bits per heavy atom. The molecule has 0 N–H and O–H groups in total. The molecule has 0 aliphatic carbocycles. The average Bonchev–Trinajstić information content (AvgIpc) is 2.38. The van der Waals surface area contributed by atoms with Gasteiger partial charge in [0.05, 0.1) is 5.02 Å². The topological polar surface area (TPSA) is 43.4 Å². The van der Waals surface area contributed by atoms with Gasteiger partial charge < -0.3 is 4.74 Å². The van der Waals surface area contributed by atoms with Crippen LogP contribution in [0.15, 0.2) is 41.3 Å². The van der Waals surface area contributed by atoms with E-state index in [0.29, 0.717) is 0 Å². The number of hydrogen-bond donors (Lipinski definition) is 0. The lowest BCUT2D eigenvalue weighted by atomic mass is 10.2. The summed E-state index contributed by atoms with van der Waals surface area (Å²) in [7, 11) is 1.01. The summed E-state index contributed by atoms with van der Waals surface area (Å²) in [5.41, 5.74) is 0.0569. The first kappa shape index (κ1) is 16.0. The number of halogens is 4. The van der Waals surface area contributed by atoms with E-state index in [0.717, 1.165) is 18.2 Å². The molecule has 0 atom stereocenters. The molecule has 0 unspecified atom stereocenters. The zero-order chi connectivity index (χ0) is 15.6. The van der Waals surface area contributed by atoms with Gasteiger partial charge >= 0.3 is 0 Å². The third kappa shape index (κ3) is 3.84. The summed E-state index contributed by atoms with van der Waals surface area (Å²) in [6, 6.07) is 6.90. The Labute approximate surface area is 129 Å². The molecular formula is C13H8Cl2F2O3S. The first-order valence-electron chi connectivity index (χ1n) is 5.59. The van der Waals surface area contributed by atoms with E-state index in [2.05, 4.69) is 0 Å². The Bertz CT molecular complexity index is 759. The molecule has 112 valence electrons. The predicted octanol–water partition coefficient (Wildman–Crippen LogP) is 4.12. The van der Waals surface area contributed by atoms with E-state index in [-0.39, 0.29) is 22.9 Å². The highest BCUT2D eigenvalue weighted by atomic mass is 35.7. The molecule has 0 bridgehead atoms. The fraction of sp³-hybridized carbons (Fsp3) is 0.0769. The van der Waals surface area contributed by atoms with Crippen LogP contribution in [0.4, 0.5) is 8.78 Å². The molecule has 21 heavy (non-hydrogen) atoms. The highest BCUT2D eigenvalue weighted by molar-refractivity contribution is 8.13. The Hall–Kier alpha value is -1.37. The summed E-state index contributed by atoms with van der Waals surface area (Å²) in [6.07, 6.45) is 0. The van der Waals surface area contributed by atoms with Gasteiger partial charge in [-0.1, -0.05) is 17.7 Å². The predicted molar refractivity (Wildman–Crippen MR) is 75.2 cm³/mol. The molecule has 2 aromatic rings. The second kappa shape index (κ2) is 6.17. The van der Waals surface area contributed by atoms with Crippen LogP contribution in [0.5, 0.6) is 5.75 Å². The second-order valence-corrected chi connectivity index (χ2v) is 6.96. The molecule has 0 amide bonds. The van der Waals surface area contributed by atoms with E-state index in [4.69, 9.17) is 27.0 Å². The molecule has 0 aliphatic heterocycles. The SMILES string of the molecule is O=S(=O)(Cl)c1cc(F)ccc1OCc1c(F)cccc1Cl. The molecule has 0 aromatic heterocycles. The van der Waals surface area contributed by atoms with Crippen LogP contribution in [0.3, 0.4) is 0 Å². The van der Waals surface area contributed by atoms with Crippen molar-refractivity contribution in [3.8, 4) is 5.75 Å². The zero-order valence-corrected chi connectivity index (χ0v) is 12.6. The zero-order valence-electron chi connectivity index (χ0n) is 10.3. The van der Waals surface area contributed by atoms with E-state index >= 15 is 0 Å². The summed E-state index contributed by atoms with van der Waals surface area (Å²) >= 11 is 5.83. The lowest BCUT2D eigenvalue weighted by Crippen LogP contribution is -2.03. The van der Waals surface area contributed by atoms with Crippen LogP contribution in [-0.4, -0.2) is 8.42 Å². The minimum Gasteiger partial charge on any atom is -0.487 e. The molecule has 0 fully saturated rings. The minimum atomic E-state index is -4.20. The van der Waals surface area contributed by atoms with Crippen molar-refractivity contribution < 1.29 is 21.9 Å². The second-order valence-electron chi connectivity index (χ2n) is 4.02. The quantitative estimate of drug-likeness (QED) is 0.777. The maximum atomic E-state index is 13.6. The van der Waals surface area contributed by atoms with Gasteiger partial charge in [0.1, 0.15) is 28.9 Å². The smallest absolute Gasteiger partial charge is 0.265 e. The van der Waals surface area contributed by atoms with Crippen molar-refractivity contribution in [2.24, 2.45) is 0 Å². The highest BCUT2D eigenvalue weighted by Gasteiger charge is 2.19. The maximum absolute atomic E-state index is 13.6. The summed E-state index contributed by atoms with van der Waals surface area (Å²) in [5, 5.41) is 0.132. The van der Waals surface area contributed by atoms with E-state index in [1.54, 1.807) is 0 Å². The van der Waals surface area contributed by atoms with Crippen molar-refractivity contribution in [2.75, 3.05) is 0 Å². The molecule has 0 radical (unpaired) electrons. The van der Waals surface area contributed by atoms with Crippen LogP contribution < -0.4 is 4.74 Å². The normalized spacial score (nSPS) is 11.4. The van der Waals surface area contributed by atoms with Crippen molar-refractivity contribution in [1.82, 2.24) is 0 Å². The summed E-state index contributed by atoms with van der Waals surface area (Å²) in [4.78, 5) is -0.531. The van der Waals surface area contributed by atoms with Crippen molar-refractivity contribution in [3.05, 3.63) is 58.6 Å². The molecule has 2 aromatic carbocycles. The lowest BCUT2D eigenvalue weighted by molar-refractivity contribution is 0.291. The van der Waals surface area contributed by atoms with Gasteiger partial charge in [-0.2, -0.15) is 0 Å².